The maximum absolute atomic E-state index is 6.63. The van der Waals surface area contributed by atoms with Gasteiger partial charge in [-0.25, -0.2) is 0 Å². The van der Waals surface area contributed by atoms with Crippen LogP contribution in [0.25, 0.3) is 5.69 Å². The molecule has 7 nitrogen and oxygen atoms in total. The molecule has 0 aliphatic carbocycles. The number of nitrogens with zero attached hydrogens (tertiary/aromatic N) is 4. The third-order valence-corrected chi connectivity index (χ3v) is 6.76. The predicted molar refractivity (Wildman–Crippen MR) is 145 cm³/mol. The number of thiocarbonyl (C=S) groups is 1. The molecule has 4 aromatic rings. The molecule has 0 unspecified atom stereocenters. The topological polar surface area (TPSA) is 64.4 Å². The quantitative estimate of drug-likeness (QED) is 0.246. The largest absolute Gasteiger partial charge is 0.490 e. The molecule has 1 aliphatic heterocycles. The lowest BCUT2D eigenvalue weighted by Gasteiger charge is -2.29. The Bertz CT molecular complexity index is 1350. The monoisotopic (exact) mass is 519 g/mol. The zero-order valence-electron chi connectivity index (χ0n) is 20.0. The Morgan fingerprint density at radius 2 is 1.92 bits per heavy atom. The maximum Gasteiger partial charge on any atom is 0.174 e. The SMILES string of the molecule is COCCOc1ccc(N2C(=S)N[C@H](c3ccccn3)[C@@H]2c2ccc(C)n2-c2cccnc2)cc1Cl. The molecule has 184 valence electrons. The van der Waals surface area contributed by atoms with Gasteiger partial charge in [0.05, 0.1) is 35.2 Å². The van der Waals surface area contributed by atoms with Crippen LogP contribution in [-0.2, 0) is 4.74 Å². The van der Waals surface area contributed by atoms with E-state index in [1.54, 1.807) is 19.5 Å². The van der Waals surface area contributed by atoms with E-state index < -0.39 is 0 Å². The zero-order valence-corrected chi connectivity index (χ0v) is 21.5. The average Bonchev–Trinajstić information content (AvgIpc) is 3.45. The molecule has 9 heteroatoms. The summed E-state index contributed by atoms with van der Waals surface area (Å²) < 4.78 is 13.0. The molecule has 0 radical (unpaired) electrons. The summed E-state index contributed by atoms with van der Waals surface area (Å²) in [5, 5.41) is 4.60. The van der Waals surface area contributed by atoms with Crippen LogP contribution in [0.4, 0.5) is 5.69 Å². The van der Waals surface area contributed by atoms with Crippen LogP contribution >= 0.6 is 23.8 Å². The number of anilines is 1. The van der Waals surface area contributed by atoms with Crippen molar-refractivity contribution in [1.29, 1.82) is 0 Å². The minimum absolute atomic E-state index is 0.181. The third kappa shape index (κ3) is 4.67. The van der Waals surface area contributed by atoms with E-state index in [0.29, 0.717) is 29.1 Å². The molecule has 1 N–H and O–H groups in total. The maximum atomic E-state index is 6.63. The Morgan fingerprint density at radius 3 is 2.64 bits per heavy atom. The van der Waals surface area contributed by atoms with Crippen LogP contribution in [0.2, 0.25) is 5.02 Å². The van der Waals surface area contributed by atoms with Crippen molar-refractivity contribution in [2.45, 2.75) is 19.0 Å². The first-order chi connectivity index (χ1) is 17.6. The lowest BCUT2D eigenvalue weighted by molar-refractivity contribution is 0.146. The number of ether oxygens (including phenoxy) is 2. The van der Waals surface area contributed by atoms with Gasteiger partial charge in [0.25, 0.3) is 0 Å². The molecule has 36 heavy (non-hydrogen) atoms. The molecule has 5 rings (SSSR count). The summed E-state index contributed by atoms with van der Waals surface area (Å²) >= 11 is 12.5. The molecule has 0 bridgehead atoms. The van der Waals surface area contributed by atoms with Gasteiger partial charge in [-0.2, -0.15) is 0 Å². The van der Waals surface area contributed by atoms with Gasteiger partial charge in [-0.15, -0.1) is 0 Å². The van der Waals surface area contributed by atoms with Gasteiger partial charge in [-0.3, -0.25) is 9.97 Å². The van der Waals surface area contributed by atoms with Gasteiger partial charge in [-0.1, -0.05) is 17.7 Å². The van der Waals surface area contributed by atoms with E-state index in [4.69, 9.17) is 33.3 Å². The summed E-state index contributed by atoms with van der Waals surface area (Å²) in [4.78, 5) is 11.1. The van der Waals surface area contributed by atoms with Crippen molar-refractivity contribution in [2.75, 3.05) is 25.2 Å². The average molecular weight is 520 g/mol. The molecule has 1 aromatic carbocycles. The molecule has 1 aliphatic rings. The molecule has 1 fully saturated rings. The van der Waals surface area contributed by atoms with Crippen molar-refractivity contribution < 1.29 is 9.47 Å². The Labute approximate surface area is 220 Å². The highest BCUT2D eigenvalue weighted by Gasteiger charge is 2.42. The summed E-state index contributed by atoms with van der Waals surface area (Å²) in [6, 6.07) is 19.5. The van der Waals surface area contributed by atoms with Crippen LogP contribution in [0.5, 0.6) is 5.75 Å². The first kappa shape index (κ1) is 24.2. The van der Waals surface area contributed by atoms with Gasteiger partial charge in [-0.05, 0) is 73.7 Å². The molecule has 4 heterocycles. The van der Waals surface area contributed by atoms with Gasteiger partial charge in [0.2, 0.25) is 0 Å². The number of nitrogens with one attached hydrogen (secondary N) is 1. The van der Waals surface area contributed by atoms with Crippen molar-refractivity contribution in [2.24, 2.45) is 0 Å². The summed E-state index contributed by atoms with van der Waals surface area (Å²) in [6.45, 7) is 2.98. The van der Waals surface area contributed by atoms with Crippen LogP contribution < -0.4 is 15.0 Å². The van der Waals surface area contributed by atoms with Gasteiger partial charge in [0.15, 0.2) is 5.11 Å². The normalized spacial score (nSPS) is 17.3. The number of hydrogen-bond donors (Lipinski definition) is 1. The Balaban J connectivity index is 1.61. The van der Waals surface area contributed by atoms with Crippen LogP contribution in [0, 0.1) is 6.92 Å². The van der Waals surface area contributed by atoms with Crippen LogP contribution in [0.15, 0.2) is 79.3 Å². The highest BCUT2D eigenvalue weighted by molar-refractivity contribution is 7.80. The molecular formula is C27H26ClN5O2S. The first-order valence-electron chi connectivity index (χ1n) is 11.6. The molecule has 3 aromatic heterocycles. The number of methoxy groups -OCH3 is 1. The molecular weight excluding hydrogens is 494 g/mol. The first-order valence-corrected chi connectivity index (χ1v) is 12.4. The zero-order chi connectivity index (χ0) is 25.1. The van der Waals surface area contributed by atoms with Crippen molar-refractivity contribution in [3.8, 4) is 11.4 Å². The number of halogens is 1. The minimum atomic E-state index is -0.197. The third-order valence-electron chi connectivity index (χ3n) is 6.15. The van der Waals surface area contributed by atoms with Crippen LogP contribution in [0.3, 0.4) is 0 Å². The lowest BCUT2D eigenvalue weighted by atomic mass is 10.0. The lowest BCUT2D eigenvalue weighted by Crippen LogP contribution is -2.30. The second kappa shape index (κ2) is 10.7. The van der Waals surface area contributed by atoms with E-state index in [9.17, 15) is 0 Å². The number of pyridine rings is 2. The standard InChI is InChI=1S/C27H26ClN5O2S/c1-18-8-10-23(32(18)20-6-5-12-29-17-20)26-25(22-7-3-4-13-30-22)31-27(36)33(26)19-9-11-24(21(28)16-19)35-15-14-34-2/h3-13,16-17,25-26H,14-15H2,1-2H3,(H,31,36)/t25-,26+/m1/s1. The van der Waals surface area contributed by atoms with E-state index in [1.807, 2.05) is 54.7 Å². The van der Waals surface area contributed by atoms with Crippen molar-refractivity contribution in [3.05, 3.63) is 101 Å². The number of aromatic nitrogens is 3. The van der Waals surface area contributed by atoms with Crippen LogP contribution in [-0.4, -0.2) is 40.0 Å². The number of benzene rings is 1. The minimum Gasteiger partial charge on any atom is -0.490 e. The summed E-state index contributed by atoms with van der Waals surface area (Å²) in [7, 11) is 1.64. The second-order valence-electron chi connectivity index (χ2n) is 8.40. The molecule has 2 atom stereocenters. The van der Waals surface area contributed by atoms with Gasteiger partial charge < -0.3 is 24.3 Å². The summed E-state index contributed by atoms with van der Waals surface area (Å²) in [6.07, 6.45) is 5.43. The highest BCUT2D eigenvalue weighted by Crippen LogP contribution is 2.44. The van der Waals surface area contributed by atoms with Crippen molar-refractivity contribution in [3.63, 3.8) is 0 Å². The predicted octanol–water partition coefficient (Wildman–Crippen LogP) is 5.43. The smallest absolute Gasteiger partial charge is 0.174 e. The van der Waals surface area contributed by atoms with Gasteiger partial charge in [0, 0.05) is 36.6 Å². The number of rotatable bonds is 8. The van der Waals surface area contributed by atoms with E-state index >= 15 is 0 Å². The van der Waals surface area contributed by atoms with Crippen LogP contribution in [0.1, 0.15) is 29.2 Å². The van der Waals surface area contributed by atoms with Crippen molar-refractivity contribution in [1.82, 2.24) is 19.9 Å². The highest BCUT2D eigenvalue weighted by atomic mass is 35.5. The molecule has 0 spiro atoms. The van der Waals surface area contributed by atoms with E-state index in [1.165, 1.54) is 0 Å². The number of aryl methyl sites for hydroxylation is 1. The molecule has 1 saturated heterocycles. The van der Waals surface area contributed by atoms with E-state index in [-0.39, 0.29) is 12.1 Å². The fraction of sp³-hybridized carbons (Fsp3) is 0.222. The molecule has 0 amide bonds. The Hall–Kier alpha value is -3.46. The number of hydrogen-bond acceptors (Lipinski definition) is 5. The summed E-state index contributed by atoms with van der Waals surface area (Å²) in [5.41, 5.74) is 4.88. The van der Waals surface area contributed by atoms with E-state index in [2.05, 4.69) is 43.8 Å². The fourth-order valence-electron chi connectivity index (χ4n) is 4.55. The fourth-order valence-corrected chi connectivity index (χ4v) is 5.13. The van der Waals surface area contributed by atoms with Gasteiger partial charge >= 0.3 is 0 Å². The molecule has 0 saturated carbocycles. The summed E-state index contributed by atoms with van der Waals surface area (Å²) in [5.74, 6) is 0.600. The second-order valence-corrected chi connectivity index (χ2v) is 9.19. The Morgan fingerprint density at radius 1 is 1.03 bits per heavy atom. The van der Waals surface area contributed by atoms with E-state index in [0.717, 1.165) is 28.5 Å². The Kier molecular flexibility index (Phi) is 7.18. The van der Waals surface area contributed by atoms with Gasteiger partial charge in [0.1, 0.15) is 18.4 Å². The van der Waals surface area contributed by atoms with Crippen molar-refractivity contribution >= 4 is 34.6 Å².